The first-order valence-corrected chi connectivity index (χ1v) is 17.9. The Morgan fingerprint density at radius 3 is 2.00 bits per heavy atom. The van der Waals surface area contributed by atoms with E-state index < -0.39 is 0 Å². The zero-order valence-electron chi connectivity index (χ0n) is 28.6. The van der Waals surface area contributed by atoms with Gasteiger partial charge in [-0.1, -0.05) is 102 Å². The van der Waals surface area contributed by atoms with Gasteiger partial charge in [-0.25, -0.2) is 4.98 Å². The van der Waals surface area contributed by atoms with Gasteiger partial charge in [-0.05, 0) is 59.7 Å². The molecule has 0 radical (unpaired) electrons. The van der Waals surface area contributed by atoms with Crippen molar-refractivity contribution in [3.05, 3.63) is 154 Å². The molecule has 0 aliphatic rings. The molecular formula is C42H40Cl2N4O4. The molecule has 3 N–H and O–H groups in total. The van der Waals surface area contributed by atoms with Crippen molar-refractivity contribution in [2.45, 2.75) is 13.2 Å². The van der Waals surface area contributed by atoms with E-state index in [0.29, 0.717) is 74.0 Å². The molecule has 0 aliphatic heterocycles. The molecule has 0 unspecified atom stereocenters. The van der Waals surface area contributed by atoms with E-state index in [1.807, 2.05) is 127 Å². The molecule has 0 bridgehead atoms. The summed E-state index contributed by atoms with van der Waals surface area (Å²) >= 11 is 13.7. The molecule has 10 heteroatoms. The summed E-state index contributed by atoms with van der Waals surface area (Å²) in [5, 5.41) is 4.08. The molecule has 1 heterocycles. The number of ether oxygens (including phenoxy) is 3. The van der Waals surface area contributed by atoms with E-state index in [2.05, 4.69) is 9.88 Å². The van der Waals surface area contributed by atoms with Crippen molar-refractivity contribution in [1.29, 1.82) is 0 Å². The van der Waals surface area contributed by atoms with Crippen LogP contribution < -0.4 is 15.8 Å². The highest BCUT2D eigenvalue weighted by molar-refractivity contribution is 6.34. The van der Waals surface area contributed by atoms with E-state index in [1.165, 1.54) is 0 Å². The van der Waals surface area contributed by atoms with Crippen molar-refractivity contribution in [2.24, 2.45) is 5.73 Å². The third-order valence-electron chi connectivity index (χ3n) is 8.31. The van der Waals surface area contributed by atoms with Gasteiger partial charge in [0, 0.05) is 46.9 Å². The average molecular weight is 736 g/mol. The summed E-state index contributed by atoms with van der Waals surface area (Å²) in [5.74, 6) is 1.31. The number of amides is 1. The van der Waals surface area contributed by atoms with Crippen molar-refractivity contribution in [3.8, 4) is 39.7 Å². The van der Waals surface area contributed by atoms with Gasteiger partial charge in [0.2, 0.25) is 0 Å². The molecular weight excluding hydrogens is 695 g/mol. The highest BCUT2D eigenvalue weighted by atomic mass is 35.5. The second kappa shape index (κ2) is 18.5. The van der Waals surface area contributed by atoms with E-state index in [-0.39, 0.29) is 5.91 Å². The summed E-state index contributed by atoms with van der Waals surface area (Å²) < 4.78 is 19.1. The number of halogens is 2. The molecule has 6 aromatic rings. The first-order chi connectivity index (χ1) is 25.5. The summed E-state index contributed by atoms with van der Waals surface area (Å²) in [4.78, 5) is 18.1. The number of imidazole rings is 1. The highest BCUT2D eigenvalue weighted by Crippen LogP contribution is 2.41. The van der Waals surface area contributed by atoms with Crippen molar-refractivity contribution < 1.29 is 19.0 Å². The van der Waals surface area contributed by atoms with Gasteiger partial charge in [0.05, 0.1) is 42.8 Å². The Hall–Kier alpha value is -4.96. The van der Waals surface area contributed by atoms with Gasteiger partial charge in [-0.2, -0.15) is 0 Å². The second-order valence-electron chi connectivity index (χ2n) is 11.9. The maximum atomic E-state index is 12.9. The predicted molar refractivity (Wildman–Crippen MR) is 208 cm³/mol. The first kappa shape index (κ1) is 36.8. The van der Waals surface area contributed by atoms with Gasteiger partial charge in [0.1, 0.15) is 18.2 Å². The third-order valence-corrected chi connectivity index (χ3v) is 8.97. The normalized spacial score (nSPS) is 11.1. The molecule has 6 rings (SSSR count). The lowest BCUT2D eigenvalue weighted by Crippen LogP contribution is -2.27. The van der Waals surface area contributed by atoms with Crippen LogP contribution in [0.1, 0.15) is 21.5 Å². The van der Waals surface area contributed by atoms with Crippen molar-refractivity contribution in [2.75, 3.05) is 39.5 Å². The number of hydrogen-bond acceptors (Lipinski definition) is 6. The number of nitrogens with zero attached hydrogens (tertiary/aromatic N) is 2. The average Bonchev–Trinajstić information content (AvgIpc) is 3.54. The number of carbonyl (C=O) groups excluding carboxylic acids is 1. The Bertz CT molecular complexity index is 2050. The van der Waals surface area contributed by atoms with Crippen molar-refractivity contribution >= 4 is 29.1 Å². The molecule has 8 nitrogen and oxygen atoms in total. The Morgan fingerprint density at radius 1 is 0.692 bits per heavy atom. The van der Waals surface area contributed by atoms with Gasteiger partial charge in [0.15, 0.2) is 0 Å². The van der Waals surface area contributed by atoms with Gasteiger partial charge < -0.3 is 29.8 Å². The van der Waals surface area contributed by atoms with Crippen LogP contribution >= 0.6 is 23.2 Å². The molecule has 5 aromatic carbocycles. The smallest absolute Gasteiger partial charge is 0.251 e. The van der Waals surface area contributed by atoms with Crippen LogP contribution in [0.15, 0.2) is 127 Å². The van der Waals surface area contributed by atoms with E-state index in [9.17, 15) is 4.79 Å². The third kappa shape index (κ3) is 9.47. The number of benzene rings is 5. The molecule has 1 aromatic heterocycles. The zero-order chi connectivity index (χ0) is 36.1. The summed E-state index contributed by atoms with van der Waals surface area (Å²) in [6.07, 6.45) is 0. The predicted octanol–water partition coefficient (Wildman–Crippen LogP) is 8.54. The van der Waals surface area contributed by atoms with Gasteiger partial charge in [-0.3, -0.25) is 4.79 Å². The van der Waals surface area contributed by atoms with Gasteiger partial charge in [-0.15, -0.1) is 0 Å². The topological polar surface area (TPSA) is 101 Å². The van der Waals surface area contributed by atoms with Crippen LogP contribution in [0.25, 0.3) is 33.9 Å². The Kier molecular flexibility index (Phi) is 13.1. The molecule has 0 spiro atoms. The lowest BCUT2D eigenvalue weighted by Gasteiger charge is -2.15. The Balaban J connectivity index is 1.29. The minimum absolute atomic E-state index is 0.176. The quantitative estimate of drug-likeness (QED) is 0.0912. The van der Waals surface area contributed by atoms with Crippen LogP contribution in [0.3, 0.4) is 0 Å². The molecule has 0 saturated carbocycles. The van der Waals surface area contributed by atoms with Gasteiger partial charge in [0.25, 0.3) is 5.91 Å². The van der Waals surface area contributed by atoms with E-state index in [4.69, 9.17) is 48.1 Å². The van der Waals surface area contributed by atoms with Crippen LogP contribution in [0.5, 0.6) is 5.75 Å². The maximum absolute atomic E-state index is 12.9. The lowest BCUT2D eigenvalue weighted by atomic mass is 10.0. The summed E-state index contributed by atoms with van der Waals surface area (Å²) in [7, 11) is 0. The molecule has 266 valence electrons. The SMILES string of the molecule is NCCOCCOCCNC(=O)c1ccc(Cn2c(-c3ccc(OCc4ccccc4)cc3)nc(-c3ccccc3Cl)c2-c2ccccc2Cl)cc1. The summed E-state index contributed by atoms with van der Waals surface area (Å²) in [6, 6.07) is 41.0. The number of rotatable bonds is 17. The molecule has 0 atom stereocenters. The standard InChI is InChI=1S/C42H40Cl2N4O4/c43-37-12-6-4-10-35(37)39-40(36-11-5-7-13-38(36)44)48(41(47-39)32-18-20-34(21-19-32)52-29-31-8-2-1-3-9-31)28-30-14-16-33(17-15-30)42(49)46-23-25-51-27-26-50-24-22-45/h1-21H,22-29,45H2,(H,46,49). The van der Waals surface area contributed by atoms with Gasteiger partial charge >= 0.3 is 0 Å². The van der Waals surface area contributed by atoms with Crippen molar-refractivity contribution in [3.63, 3.8) is 0 Å². The highest BCUT2D eigenvalue weighted by Gasteiger charge is 2.24. The minimum atomic E-state index is -0.176. The van der Waals surface area contributed by atoms with Crippen LogP contribution in [-0.4, -0.2) is 55.0 Å². The first-order valence-electron chi connectivity index (χ1n) is 17.1. The number of aromatic nitrogens is 2. The molecule has 0 saturated heterocycles. The number of hydrogen-bond donors (Lipinski definition) is 2. The van der Waals surface area contributed by atoms with Crippen LogP contribution in [-0.2, 0) is 22.6 Å². The van der Waals surface area contributed by atoms with E-state index in [0.717, 1.165) is 45.1 Å². The Morgan fingerprint density at radius 2 is 1.33 bits per heavy atom. The molecule has 0 fully saturated rings. The summed E-state index contributed by atoms with van der Waals surface area (Å²) in [5.41, 5.74) is 12.1. The largest absolute Gasteiger partial charge is 0.489 e. The van der Waals surface area contributed by atoms with Crippen LogP contribution in [0.4, 0.5) is 0 Å². The monoisotopic (exact) mass is 734 g/mol. The minimum Gasteiger partial charge on any atom is -0.489 e. The molecule has 0 aliphatic carbocycles. The summed E-state index contributed by atoms with van der Waals surface area (Å²) in [6.45, 7) is 3.58. The fourth-order valence-electron chi connectivity index (χ4n) is 5.72. The second-order valence-corrected chi connectivity index (χ2v) is 12.8. The van der Waals surface area contributed by atoms with Crippen molar-refractivity contribution in [1.82, 2.24) is 14.9 Å². The molecule has 52 heavy (non-hydrogen) atoms. The number of carbonyl (C=O) groups is 1. The fraction of sp³-hybridized carbons (Fsp3) is 0.190. The number of nitrogens with two attached hydrogens (primary N) is 1. The zero-order valence-corrected chi connectivity index (χ0v) is 30.2. The fourth-order valence-corrected chi connectivity index (χ4v) is 6.17. The van der Waals surface area contributed by atoms with Crippen LogP contribution in [0.2, 0.25) is 10.0 Å². The van der Waals surface area contributed by atoms with E-state index >= 15 is 0 Å². The van der Waals surface area contributed by atoms with E-state index in [1.54, 1.807) is 0 Å². The molecule has 1 amide bonds. The lowest BCUT2D eigenvalue weighted by molar-refractivity contribution is 0.0511. The maximum Gasteiger partial charge on any atom is 0.251 e. The number of nitrogens with one attached hydrogen (secondary N) is 1. The Labute approximate surface area is 314 Å². The van der Waals surface area contributed by atoms with Crippen LogP contribution in [0, 0.1) is 0 Å².